The second-order valence-electron chi connectivity index (χ2n) is 9.19. The van der Waals surface area contributed by atoms with Crippen molar-refractivity contribution >= 4 is 11.8 Å². The van der Waals surface area contributed by atoms with E-state index in [9.17, 15) is 19.5 Å². The monoisotopic (exact) mass is 425 g/mol. The number of likely N-dealkylation sites (tertiary alicyclic amines) is 1. The van der Waals surface area contributed by atoms with Gasteiger partial charge in [0.25, 0.3) is 5.56 Å². The summed E-state index contributed by atoms with van der Waals surface area (Å²) in [6.45, 7) is 1.40. The fraction of sp³-hybridized carbons (Fsp3) is 0.522. The zero-order chi connectivity index (χ0) is 21.7. The van der Waals surface area contributed by atoms with Crippen LogP contribution in [0.5, 0.6) is 0 Å². The molecule has 2 aliphatic heterocycles. The minimum Gasteiger partial charge on any atom is -0.472 e. The lowest BCUT2D eigenvalue weighted by Gasteiger charge is -2.48. The molecule has 2 fully saturated rings. The minimum absolute atomic E-state index is 0.0322. The third-order valence-corrected chi connectivity index (χ3v) is 7.05. The van der Waals surface area contributed by atoms with Crippen LogP contribution >= 0.6 is 0 Å². The number of nitrogens with zero attached hydrogens (tertiary/aromatic N) is 3. The molecule has 2 amide bonds. The summed E-state index contributed by atoms with van der Waals surface area (Å²) in [5.74, 6) is -0.300. The van der Waals surface area contributed by atoms with Crippen LogP contribution in [0.25, 0.3) is 0 Å². The van der Waals surface area contributed by atoms with E-state index in [0.29, 0.717) is 32.5 Å². The summed E-state index contributed by atoms with van der Waals surface area (Å²) >= 11 is 0. The van der Waals surface area contributed by atoms with Gasteiger partial charge in [0.15, 0.2) is 0 Å². The van der Waals surface area contributed by atoms with Crippen molar-refractivity contribution in [1.29, 1.82) is 0 Å². The van der Waals surface area contributed by atoms with Crippen molar-refractivity contribution in [3.05, 3.63) is 58.4 Å². The predicted octanol–water partition coefficient (Wildman–Crippen LogP) is 1.36. The van der Waals surface area contributed by atoms with Gasteiger partial charge >= 0.3 is 0 Å². The first-order chi connectivity index (χ1) is 14.9. The van der Waals surface area contributed by atoms with Gasteiger partial charge in [0.2, 0.25) is 11.8 Å². The lowest BCUT2D eigenvalue weighted by Crippen LogP contribution is -2.56. The summed E-state index contributed by atoms with van der Waals surface area (Å²) in [6.07, 6.45) is 4.59. The van der Waals surface area contributed by atoms with E-state index >= 15 is 0 Å². The topological polar surface area (TPSA) is 96.0 Å². The van der Waals surface area contributed by atoms with Gasteiger partial charge in [-0.25, -0.2) is 0 Å². The summed E-state index contributed by atoms with van der Waals surface area (Å²) < 4.78 is 6.77. The maximum absolute atomic E-state index is 13.6. The Bertz CT molecular complexity index is 1040. The largest absolute Gasteiger partial charge is 0.472 e. The van der Waals surface area contributed by atoms with Crippen LogP contribution < -0.4 is 5.56 Å². The van der Waals surface area contributed by atoms with Gasteiger partial charge in [-0.2, -0.15) is 0 Å². The van der Waals surface area contributed by atoms with Crippen molar-refractivity contribution in [2.24, 2.45) is 11.8 Å². The Balaban J connectivity index is 1.45. The molecular weight excluding hydrogens is 398 g/mol. The third-order valence-electron chi connectivity index (χ3n) is 7.05. The number of hydrogen-bond donors (Lipinski definition) is 1. The minimum atomic E-state index is -0.639. The molecule has 3 aliphatic rings. The Labute approximate surface area is 180 Å². The molecule has 1 saturated carbocycles. The Morgan fingerprint density at radius 2 is 2.00 bits per heavy atom. The molecule has 0 radical (unpaired) electrons. The van der Waals surface area contributed by atoms with Crippen LogP contribution in [-0.4, -0.2) is 57.5 Å². The smallest absolute Gasteiger partial charge is 0.251 e. The molecule has 8 heteroatoms. The van der Waals surface area contributed by atoms with E-state index in [1.807, 2.05) is 17.0 Å². The van der Waals surface area contributed by atoms with Crippen molar-refractivity contribution in [3.8, 4) is 0 Å². The number of amides is 2. The van der Waals surface area contributed by atoms with Crippen LogP contribution in [0.4, 0.5) is 0 Å². The van der Waals surface area contributed by atoms with Gasteiger partial charge in [0, 0.05) is 61.8 Å². The summed E-state index contributed by atoms with van der Waals surface area (Å²) in [4.78, 5) is 42.9. The van der Waals surface area contributed by atoms with Gasteiger partial charge in [-0.15, -0.1) is 0 Å². The molecule has 1 aliphatic carbocycles. The number of pyridine rings is 1. The van der Waals surface area contributed by atoms with Crippen molar-refractivity contribution in [1.82, 2.24) is 14.4 Å². The average Bonchev–Trinajstić information content (AvgIpc) is 3.24. The highest BCUT2D eigenvalue weighted by molar-refractivity contribution is 5.82. The van der Waals surface area contributed by atoms with Crippen LogP contribution in [0.1, 0.15) is 42.5 Å². The second-order valence-corrected chi connectivity index (χ2v) is 9.19. The summed E-state index contributed by atoms with van der Waals surface area (Å²) in [7, 11) is 1.73. The van der Waals surface area contributed by atoms with Crippen molar-refractivity contribution in [2.75, 3.05) is 20.1 Å². The SMILES string of the molecule is CN(Cc1ccoc1)C(=O)[C@H]1[C@@H]2C[C@@H](CN(C(=O)C3CC(O)C3)C2)c2cccc(=O)n21. The van der Waals surface area contributed by atoms with E-state index < -0.39 is 6.04 Å². The molecule has 1 N–H and O–H groups in total. The molecule has 5 rings (SSSR count). The van der Waals surface area contributed by atoms with Crippen LogP contribution in [-0.2, 0) is 16.1 Å². The van der Waals surface area contributed by atoms with Gasteiger partial charge in [-0.3, -0.25) is 19.0 Å². The number of fused-ring (bicyclic) bond motifs is 4. The van der Waals surface area contributed by atoms with Gasteiger partial charge < -0.3 is 19.3 Å². The molecule has 0 aromatic carbocycles. The number of furan rings is 1. The quantitative estimate of drug-likeness (QED) is 0.798. The van der Waals surface area contributed by atoms with E-state index in [1.165, 1.54) is 6.07 Å². The van der Waals surface area contributed by atoms with Crippen LogP contribution in [0, 0.1) is 11.8 Å². The number of carbonyl (C=O) groups excluding carboxylic acids is 2. The molecule has 2 bridgehead atoms. The maximum Gasteiger partial charge on any atom is 0.251 e. The van der Waals surface area contributed by atoms with E-state index in [1.54, 1.807) is 35.1 Å². The van der Waals surface area contributed by atoms with E-state index in [2.05, 4.69) is 0 Å². The fourth-order valence-corrected chi connectivity index (χ4v) is 5.44. The van der Waals surface area contributed by atoms with Crippen molar-refractivity contribution in [2.45, 2.75) is 43.9 Å². The van der Waals surface area contributed by atoms with Gasteiger partial charge in [-0.1, -0.05) is 6.07 Å². The molecule has 8 nitrogen and oxygen atoms in total. The van der Waals surface area contributed by atoms with E-state index in [0.717, 1.165) is 17.7 Å². The lowest BCUT2D eigenvalue weighted by molar-refractivity contribution is -0.148. The molecule has 164 valence electrons. The molecule has 1 saturated heterocycles. The highest BCUT2D eigenvalue weighted by Gasteiger charge is 2.47. The standard InChI is InChI=1S/C23H27N3O5/c1-24(10-14-5-6-31-13-14)23(30)21-17-7-16(19-3-2-4-20(28)26(19)21)11-25(12-17)22(29)15-8-18(27)9-15/h2-6,13,15-18,21,27H,7-12H2,1H3/t15?,16-,17+,18?,21+/m0/s1. The van der Waals surface area contributed by atoms with Gasteiger partial charge in [0.1, 0.15) is 6.04 Å². The number of aliphatic hydroxyl groups excluding tert-OH is 1. The average molecular weight is 425 g/mol. The molecule has 31 heavy (non-hydrogen) atoms. The van der Waals surface area contributed by atoms with E-state index in [4.69, 9.17) is 4.42 Å². The Morgan fingerprint density at radius 1 is 1.19 bits per heavy atom. The Morgan fingerprint density at radius 3 is 2.71 bits per heavy atom. The molecule has 4 heterocycles. The fourth-order valence-electron chi connectivity index (χ4n) is 5.44. The summed E-state index contributed by atoms with van der Waals surface area (Å²) in [5.41, 5.74) is 1.53. The first kappa shape index (κ1) is 20.1. The first-order valence-electron chi connectivity index (χ1n) is 10.9. The summed E-state index contributed by atoms with van der Waals surface area (Å²) in [5, 5.41) is 9.60. The number of rotatable bonds is 4. The number of aromatic nitrogens is 1. The number of aliphatic hydroxyl groups is 1. The van der Waals surface area contributed by atoms with Crippen LogP contribution in [0.15, 0.2) is 46.0 Å². The zero-order valence-electron chi connectivity index (χ0n) is 17.5. The van der Waals surface area contributed by atoms with Crippen LogP contribution in [0.3, 0.4) is 0 Å². The second kappa shape index (κ2) is 7.67. The third kappa shape index (κ3) is 3.48. The Hall–Kier alpha value is -2.87. The number of likely N-dealkylation sites (N-methyl/N-ethyl adjacent to an activating group) is 1. The zero-order valence-corrected chi connectivity index (χ0v) is 17.5. The van der Waals surface area contributed by atoms with Crippen molar-refractivity contribution in [3.63, 3.8) is 0 Å². The molecule has 0 spiro atoms. The number of hydrogen-bond acceptors (Lipinski definition) is 5. The van der Waals surface area contributed by atoms with E-state index in [-0.39, 0.29) is 41.2 Å². The van der Waals surface area contributed by atoms with Gasteiger partial charge in [0.05, 0.1) is 18.6 Å². The van der Waals surface area contributed by atoms with Gasteiger partial charge in [-0.05, 0) is 31.4 Å². The predicted molar refractivity (Wildman–Crippen MR) is 111 cm³/mol. The summed E-state index contributed by atoms with van der Waals surface area (Å²) in [6, 6.07) is 6.31. The molecule has 2 aromatic heterocycles. The molecule has 0 unspecified atom stereocenters. The molecular formula is C23H27N3O5. The molecule has 3 atom stereocenters. The normalized spacial score (nSPS) is 29.1. The highest BCUT2D eigenvalue weighted by Crippen LogP contribution is 2.43. The first-order valence-corrected chi connectivity index (χ1v) is 10.9. The number of carbonyl (C=O) groups is 2. The number of piperidine rings is 1. The Kier molecular flexibility index (Phi) is 4.97. The lowest BCUT2D eigenvalue weighted by atomic mass is 9.76. The molecule has 2 aromatic rings. The maximum atomic E-state index is 13.6. The van der Waals surface area contributed by atoms with Crippen LogP contribution in [0.2, 0.25) is 0 Å². The highest BCUT2D eigenvalue weighted by atomic mass is 16.3. The van der Waals surface area contributed by atoms with Crippen molar-refractivity contribution < 1.29 is 19.1 Å².